The summed E-state index contributed by atoms with van der Waals surface area (Å²) in [4.78, 5) is 0. The van der Waals surface area contributed by atoms with Gasteiger partial charge in [0.1, 0.15) is 0 Å². The van der Waals surface area contributed by atoms with Gasteiger partial charge in [0.2, 0.25) is 0 Å². The monoisotopic (exact) mass is 246 g/mol. The van der Waals surface area contributed by atoms with E-state index in [9.17, 15) is 0 Å². The number of hydrogen-bond donors (Lipinski definition) is 1. The van der Waals surface area contributed by atoms with Crippen molar-refractivity contribution in [1.82, 2.24) is 4.57 Å². The van der Waals surface area contributed by atoms with Crippen LogP contribution >= 0.6 is 0 Å². The number of nitrogen functional groups attached to an aromatic ring is 1. The number of nitrogens with two attached hydrogens (primary N) is 1. The van der Waals surface area contributed by atoms with Crippen LogP contribution in [-0.4, -0.2) is 10.7 Å². The Morgan fingerprint density at radius 3 is 2.56 bits per heavy atom. The van der Waals surface area contributed by atoms with Crippen molar-refractivity contribution < 1.29 is 4.74 Å². The first-order valence-corrected chi connectivity index (χ1v) is 6.50. The first kappa shape index (κ1) is 13.0. The molecule has 2 rings (SSSR count). The molecule has 0 saturated carbocycles. The van der Waals surface area contributed by atoms with Gasteiger partial charge in [0.15, 0.2) is 0 Å². The Morgan fingerprint density at radius 1 is 1.22 bits per heavy atom. The van der Waals surface area contributed by atoms with E-state index in [2.05, 4.69) is 44.5 Å². The molecule has 0 aliphatic carbocycles. The molecule has 1 heterocycles. The fraction of sp³-hybridized carbons (Fsp3) is 0.467. The number of nitrogens with zero attached hydrogens (tertiary/aromatic N) is 1. The van der Waals surface area contributed by atoms with E-state index < -0.39 is 0 Å². The Kier molecular flexibility index (Phi) is 3.62. The van der Waals surface area contributed by atoms with Crippen molar-refractivity contribution in [3.05, 3.63) is 30.0 Å². The maximum Gasteiger partial charge on any atom is 0.0741 e. The van der Waals surface area contributed by atoms with Crippen LogP contribution in [0.1, 0.15) is 39.3 Å². The molecule has 0 saturated heterocycles. The Morgan fingerprint density at radius 2 is 1.94 bits per heavy atom. The minimum absolute atomic E-state index is 0.239. The normalized spacial score (nSPS) is 11.9. The highest BCUT2D eigenvalue weighted by atomic mass is 16.5. The molecule has 0 fully saturated rings. The quantitative estimate of drug-likeness (QED) is 0.835. The number of para-hydroxylation sites is 1. The third kappa shape index (κ3) is 2.36. The second-order valence-electron chi connectivity index (χ2n) is 5.26. The molecular formula is C15H22N2O. The fourth-order valence-corrected chi connectivity index (χ4v) is 2.19. The standard InChI is InChI=1S/C15H22N2O/c1-10(2)17-8-12(9-18-11(3)4)13-6-5-7-14(16)15(13)17/h5-8,10-11H,9,16H2,1-4H3. The highest BCUT2D eigenvalue weighted by Crippen LogP contribution is 2.29. The van der Waals surface area contributed by atoms with Crippen LogP contribution in [0.3, 0.4) is 0 Å². The molecular weight excluding hydrogens is 224 g/mol. The van der Waals surface area contributed by atoms with E-state index in [0.717, 1.165) is 11.2 Å². The van der Waals surface area contributed by atoms with Crippen molar-refractivity contribution in [3.63, 3.8) is 0 Å². The molecule has 18 heavy (non-hydrogen) atoms. The van der Waals surface area contributed by atoms with Crippen LogP contribution in [0.15, 0.2) is 24.4 Å². The molecule has 3 nitrogen and oxygen atoms in total. The summed E-state index contributed by atoms with van der Waals surface area (Å²) in [6.07, 6.45) is 2.40. The Bertz CT molecular complexity index is 541. The molecule has 0 aliphatic heterocycles. The third-order valence-corrected chi connectivity index (χ3v) is 3.09. The van der Waals surface area contributed by atoms with Crippen molar-refractivity contribution in [2.24, 2.45) is 0 Å². The zero-order valence-corrected chi connectivity index (χ0v) is 11.6. The lowest BCUT2D eigenvalue weighted by Gasteiger charge is -2.10. The van der Waals surface area contributed by atoms with Gasteiger partial charge in [-0.15, -0.1) is 0 Å². The van der Waals surface area contributed by atoms with Crippen molar-refractivity contribution >= 4 is 16.6 Å². The lowest BCUT2D eigenvalue weighted by molar-refractivity contribution is 0.0663. The number of hydrogen-bond acceptors (Lipinski definition) is 2. The molecule has 0 spiro atoms. The summed E-state index contributed by atoms with van der Waals surface area (Å²) in [6, 6.07) is 6.46. The second kappa shape index (κ2) is 5.02. The summed E-state index contributed by atoms with van der Waals surface area (Å²) in [5, 5.41) is 1.20. The minimum Gasteiger partial charge on any atom is -0.397 e. The molecule has 0 unspecified atom stereocenters. The maximum atomic E-state index is 6.10. The number of ether oxygens (including phenoxy) is 1. The van der Waals surface area contributed by atoms with Crippen molar-refractivity contribution in [1.29, 1.82) is 0 Å². The molecule has 3 heteroatoms. The fourth-order valence-electron chi connectivity index (χ4n) is 2.19. The minimum atomic E-state index is 0.239. The van der Waals surface area contributed by atoms with Crippen molar-refractivity contribution in [2.75, 3.05) is 5.73 Å². The maximum absolute atomic E-state index is 6.10. The molecule has 2 aromatic rings. The predicted octanol–water partition coefficient (Wildman–Crippen LogP) is 3.73. The smallest absolute Gasteiger partial charge is 0.0741 e. The van der Waals surface area contributed by atoms with Gasteiger partial charge in [-0.3, -0.25) is 0 Å². The van der Waals surface area contributed by atoms with E-state index in [1.165, 1.54) is 10.9 Å². The first-order valence-electron chi connectivity index (χ1n) is 6.50. The number of rotatable bonds is 4. The van der Waals surface area contributed by atoms with Crippen LogP contribution in [-0.2, 0) is 11.3 Å². The Hall–Kier alpha value is -1.48. The van der Waals surface area contributed by atoms with Gasteiger partial charge < -0.3 is 15.0 Å². The summed E-state index contributed by atoms with van der Waals surface area (Å²) < 4.78 is 7.94. The summed E-state index contributed by atoms with van der Waals surface area (Å²) >= 11 is 0. The third-order valence-electron chi connectivity index (χ3n) is 3.09. The Labute approximate surface area is 109 Å². The van der Waals surface area contributed by atoms with Crippen LogP contribution in [0.4, 0.5) is 5.69 Å². The average molecular weight is 246 g/mol. The predicted molar refractivity (Wildman–Crippen MR) is 76.7 cm³/mol. The van der Waals surface area contributed by atoms with Gasteiger partial charge in [0.25, 0.3) is 0 Å². The molecule has 2 N–H and O–H groups in total. The van der Waals surface area contributed by atoms with Crippen LogP contribution in [0.2, 0.25) is 0 Å². The lowest BCUT2D eigenvalue weighted by atomic mass is 10.1. The van der Waals surface area contributed by atoms with E-state index >= 15 is 0 Å². The second-order valence-corrected chi connectivity index (χ2v) is 5.26. The number of aromatic nitrogens is 1. The van der Waals surface area contributed by atoms with Crippen LogP contribution in [0.5, 0.6) is 0 Å². The summed E-state index contributed by atoms with van der Waals surface area (Å²) in [7, 11) is 0. The first-order chi connectivity index (χ1) is 8.50. The van der Waals surface area contributed by atoms with Gasteiger partial charge >= 0.3 is 0 Å². The van der Waals surface area contributed by atoms with E-state index in [0.29, 0.717) is 12.6 Å². The zero-order valence-electron chi connectivity index (χ0n) is 11.6. The molecule has 0 amide bonds. The largest absolute Gasteiger partial charge is 0.397 e. The van der Waals surface area contributed by atoms with Gasteiger partial charge in [-0.1, -0.05) is 12.1 Å². The van der Waals surface area contributed by atoms with Crippen LogP contribution < -0.4 is 5.73 Å². The van der Waals surface area contributed by atoms with Crippen LogP contribution in [0, 0.1) is 0 Å². The molecule has 0 atom stereocenters. The van der Waals surface area contributed by atoms with E-state index in [-0.39, 0.29) is 6.10 Å². The Balaban J connectivity index is 2.51. The number of fused-ring (bicyclic) bond motifs is 1. The summed E-state index contributed by atoms with van der Waals surface area (Å²) in [5.74, 6) is 0. The average Bonchev–Trinajstić information content (AvgIpc) is 2.67. The molecule has 0 radical (unpaired) electrons. The van der Waals surface area contributed by atoms with Gasteiger partial charge in [0, 0.05) is 23.2 Å². The van der Waals surface area contributed by atoms with E-state index in [4.69, 9.17) is 10.5 Å². The molecule has 1 aromatic carbocycles. The molecule has 98 valence electrons. The van der Waals surface area contributed by atoms with Crippen LogP contribution in [0.25, 0.3) is 10.9 Å². The lowest BCUT2D eigenvalue weighted by Crippen LogP contribution is -2.02. The number of anilines is 1. The van der Waals surface area contributed by atoms with Gasteiger partial charge in [-0.2, -0.15) is 0 Å². The molecule has 0 aliphatic rings. The zero-order chi connectivity index (χ0) is 13.3. The summed E-state index contributed by atoms with van der Waals surface area (Å²) in [5.41, 5.74) is 9.26. The number of benzene rings is 1. The molecule has 0 bridgehead atoms. The van der Waals surface area contributed by atoms with Gasteiger partial charge in [0.05, 0.1) is 23.9 Å². The van der Waals surface area contributed by atoms with E-state index in [1.54, 1.807) is 0 Å². The van der Waals surface area contributed by atoms with E-state index in [1.807, 2.05) is 12.1 Å². The van der Waals surface area contributed by atoms with Crippen molar-refractivity contribution in [2.45, 2.75) is 46.4 Å². The highest BCUT2D eigenvalue weighted by Gasteiger charge is 2.13. The topological polar surface area (TPSA) is 40.2 Å². The van der Waals surface area contributed by atoms with Crippen molar-refractivity contribution in [3.8, 4) is 0 Å². The molecule has 1 aromatic heterocycles. The van der Waals surface area contributed by atoms with Gasteiger partial charge in [-0.05, 0) is 33.8 Å². The highest BCUT2D eigenvalue weighted by molar-refractivity contribution is 5.93. The summed E-state index contributed by atoms with van der Waals surface area (Å²) in [6.45, 7) is 9.07. The van der Waals surface area contributed by atoms with Gasteiger partial charge in [-0.25, -0.2) is 0 Å². The SMILES string of the molecule is CC(C)OCc1cn(C(C)C)c2c(N)cccc12.